The summed E-state index contributed by atoms with van der Waals surface area (Å²) in [5.74, 6) is -0.931. The van der Waals surface area contributed by atoms with E-state index in [1.54, 1.807) is 6.07 Å². The van der Waals surface area contributed by atoms with E-state index in [1.165, 1.54) is 30.3 Å². The van der Waals surface area contributed by atoms with Crippen LogP contribution in [0.1, 0.15) is 15.9 Å². The molecule has 0 fully saturated rings. The van der Waals surface area contributed by atoms with E-state index >= 15 is 0 Å². The van der Waals surface area contributed by atoms with E-state index in [9.17, 15) is 23.7 Å². The molecule has 0 unspecified atom stereocenters. The second kappa shape index (κ2) is 7.82. The first-order valence-corrected chi connectivity index (χ1v) is 7.31. The highest BCUT2D eigenvalue weighted by atomic mass is 79.9. The molecule has 0 saturated heterocycles. The van der Waals surface area contributed by atoms with Crippen molar-refractivity contribution in [2.24, 2.45) is 0 Å². The third-order valence-electron chi connectivity index (χ3n) is 2.93. The Morgan fingerprint density at radius 2 is 1.96 bits per heavy atom. The van der Waals surface area contributed by atoms with Crippen LogP contribution in [0, 0.1) is 10.1 Å². The first-order chi connectivity index (χ1) is 11.4. The molecule has 0 spiro atoms. The zero-order chi connectivity index (χ0) is 17.7. The van der Waals surface area contributed by atoms with Crippen molar-refractivity contribution in [3.63, 3.8) is 0 Å². The quantitative estimate of drug-likeness (QED) is 0.409. The van der Waals surface area contributed by atoms with E-state index in [-0.39, 0.29) is 33.6 Å². The first kappa shape index (κ1) is 17.8. The lowest BCUT2D eigenvalue weighted by atomic mass is 10.2. The van der Waals surface area contributed by atoms with E-state index in [1.807, 2.05) is 0 Å². The maximum absolute atomic E-state index is 12.3. The second-order valence-corrected chi connectivity index (χ2v) is 5.34. The molecule has 2 aromatic rings. The average Bonchev–Trinajstić information content (AvgIpc) is 2.53. The molecule has 24 heavy (non-hydrogen) atoms. The lowest BCUT2D eigenvalue weighted by Gasteiger charge is -2.11. The summed E-state index contributed by atoms with van der Waals surface area (Å²) in [5.41, 5.74) is -0.0687. The highest BCUT2D eigenvalue weighted by molar-refractivity contribution is 9.10. The van der Waals surface area contributed by atoms with Crippen molar-refractivity contribution in [2.75, 3.05) is 0 Å². The normalized spacial score (nSPS) is 10.5. The van der Waals surface area contributed by atoms with Gasteiger partial charge in [0.15, 0.2) is 0 Å². The number of carbonyl (C=O) groups excluding carboxylic acids is 1. The van der Waals surface area contributed by atoms with Crippen LogP contribution in [0.5, 0.6) is 5.75 Å². The van der Waals surface area contributed by atoms with Gasteiger partial charge in [-0.15, -0.1) is 0 Å². The van der Waals surface area contributed by atoms with Crippen LogP contribution in [-0.4, -0.2) is 17.5 Å². The van der Waals surface area contributed by atoms with Crippen LogP contribution < -0.4 is 4.74 Å². The molecule has 126 valence electrons. The van der Waals surface area contributed by atoms with Crippen LogP contribution >= 0.6 is 15.9 Å². The summed E-state index contributed by atoms with van der Waals surface area (Å²) in [6.45, 7) is -3.32. The summed E-state index contributed by atoms with van der Waals surface area (Å²) in [7, 11) is 0. The molecule has 0 aromatic heterocycles. The summed E-state index contributed by atoms with van der Waals surface area (Å²) in [4.78, 5) is 22.2. The Morgan fingerprint density at radius 1 is 1.25 bits per heavy atom. The molecule has 2 rings (SSSR count). The van der Waals surface area contributed by atoms with Gasteiger partial charge in [-0.2, -0.15) is 8.78 Å². The minimum Gasteiger partial charge on any atom is -0.457 e. The number of benzene rings is 2. The Hall–Kier alpha value is -2.55. The number of esters is 1. The number of alkyl halides is 2. The first-order valence-electron chi connectivity index (χ1n) is 6.52. The van der Waals surface area contributed by atoms with Crippen LogP contribution in [0.3, 0.4) is 0 Å². The molecular formula is C15H10BrF2NO5. The van der Waals surface area contributed by atoms with Gasteiger partial charge in [0.25, 0.3) is 5.69 Å². The molecule has 0 aliphatic heterocycles. The van der Waals surface area contributed by atoms with Crippen LogP contribution in [0.4, 0.5) is 14.5 Å². The number of halogens is 3. The smallest absolute Gasteiger partial charge is 0.387 e. The Bertz CT molecular complexity index is 769. The van der Waals surface area contributed by atoms with Crippen molar-refractivity contribution in [1.82, 2.24) is 0 Å². The maximum Gasteiger partial charge on any atom is 0.387 e. The van der Waals surface area contributed by atoms with E-state index < -0.39 is 17.5 Å². The molecule has 0 radical (unpaired) electrons. The minimum atomic E-state index is -3.00. The van der Waals surface area contributed by atoms with Gasteiger partial charge in [-0.05, 0) is 34.1 Å². The van der Waals surface area contributed by atoms with E-state index in [2.05, 4.69) is 20.7 Å². The molecule has 0 heterocycles. The predicted molar refractivity (Wildman–Crippen MR) is 83.0 cm³/mol. The predicted octanol–water partition coefficient (Wildman–Crippen LogP) is 4.32. The number of nitro benzene ring substituents is 1. The highest BCUT2D eigenvalue weighted by Crippen LogP contribution is 2.26. The standard InChI is InChI=1S/C15H10BrF2NO5/c16-11-6-5-9(7-12(11)19(21)22)14(20)23-8-10-3-1-2-4-13(10)24-15(17)18/h1-7,15H,8H2. The van der Waals surface area contributed by atoms with Crippen molar-refractivity contribution in [3.05, 3.63) is 68.2 Å². The summed E-state index contributed by atoms with van der Waals surface area (Å²) in [5, 5.41) is 10.9. The molecule has 0 aliphatic carbocycles. The summed E-state index contributed by atoms with van der Waals surface area (Å²) >= 11 is 3.01. The Kier molecular flexibility index (Phi) is 5.80. The molecule has 0 saturated carbocycles. The lowest BCUT2D eigenvalue weighted by Crippen LogP contribution is -2.08. The van der Waals surface area contributed by atoms with Gasteiger partial charge in [0.2, 0.25) is 0 Å². The van der Waals surface area contributed by atoms with Crippen LogP contribution in [-0.2, 0) is 11.3 Å². The summed E-state index contributed by atoms with van der Waals surface area (Å²) < 4.78 is 34.2. The fourth-order valence-corrected chi connectivity index (χ4v) is 2.23. The highest BCUT2D eigenvalue weighted by Gasteiger charge is 2.17. The maximum atomic E-state index is 12.3. The molecule has 0 aliphatic rings. The summed E-state index contributed by atoms with van der Waals surface area (Å²) in [6, 6.07) is 9.62. The Balaban J connectivity index is 2.12. The van der Waals surface area contributed by atoms with E-state index in [4.69, 9.17) is 4.74 Å². The van der Waals surface area contributed by atoms with E-state index in [0.29, 0.717) is 0 Å². The largest absolute Gasteiger partial charge is 0.457 e. The molecule has 6 nitrogen and oxygen atoms in total. The van der Waals surface area contributed by atoms with Gasteiger partial charge in [0.1, 0.15) is 12.4 Å². The molecule has 0 atom stereocenters. The third-order valence-corrected chi connectivity index (χ3v) is 3.60. The second-order valence-electron chi connectivity index (χ2n) is 4.49. The number of hydrogen-bond acceptors (Lipinski definition) is 5. The van der Waals surface area contributed by atoms with Gasteiger partial charge in [0.05, 0.1) is 15.0 Å². The zero-order valence-electron chi connectivity index (χ0n) is 11.9. The SMILES string of the molecule is O=C(OCc1ccccc1OC(F)F)c1ccc(Br)c([N+](=O)[O-])c1. The Morgan fingerprint density at radius 3 is 2.62 bits per heavy atom. The van der Waals surface area contributed by atoms with Gasteiger partial charge < -0.3 is 9.47 Å². The van der Waals surface area contributed by atoms with E-state index in [0.717, 1.165) is 6.07 Å². The van der Waals surface area contributed by atoms with Crippen molar-refractivity contribution in [3.8, 4) is 5.75 Å². The van der Waals surface area contributed by atoms with Crippen molar-refractivity contribution >= 4 is 27.6 Å². The van der Waals surface area contributed by atoms with Gasteiger partial charge in [-0.3, -0.25) is 10.1 Å². The Labute approximate surface area is 143 Å². The molecule has 0 bridgehead atoms. The van der Waals surface area contributed by atoms with Crippen molar-refractivity contribution in [1.29, 1.82) is 0 Å². The number of para-hydroxylation sites is 1. The number of carbonyl (C=O) groups is 1. The molecule has 9 heteroatoms. The van der Waals surface area contributed by atoms with Crippen molar-refractivity contribution < 1.29 is 28.0 Å². The van der Waals surface area contributed by atoms with Gasteiger partial charge in [-0.1, -0.05) is 18.2 Å². The number of hydrogen-bond donors (Lipinski definition) is 0. The van der Waals surface area contributed by atoms with Gasteiger partial charge >= 0.3 is 12.6 Å². The molecular weight excluding hydrogens is 392 g/mol. The van der Waals surface area contributed by atoms with Crippen LogP contribution in [0.2, 0.25) is 0 Å². The minimum absolute atomic E-state index is 0.0304. The zero-order valence-corrected chi connectivity index (χ0v) is 13.5. The molecule has 2 aromatic carbocycles. The van der Waals surface area contributed by atoms with Crippen LogP contribution in [0.25, 0.3) is 0 Å². The number of nitrogens with zero attached hydrogens (tertiary/aromatic N) is 1. The van der Waals surface area contributed by atoms with Crippen LogP contribution in [0.15, 0.2) is 46.9 Å². The summed E-state index contributed by atoms with van der Waals surface area (Å²) in [6.07, 6.45) is 0. The molecule has 0 N–H and O–H groups in total. The topological polar surface area (TPSA) is 78.7 Å². The monoisotopic (exact) mass is 401 g/mol. The van der Waals surface area contributed by atoms with Gasteiger partial charge in [-0.25, -0.2) is 4.79 Å². The van der Waals surface area contributed by atoms with Gasteiger partial charge in [0, 0.05) is 11.6 Å². The molecule has 0 amide bonds. The van der Waals surface area contributed by atoms with Crippen molar-refractivity contribution in [2.45, 2.75) is 13.2 Å². The third kappa shape index (κ3) is 4.48. The lowest BCUT2D eigenvalue weighted by molar-refractivity contribution is -0.385. The fraction of sp³-hybridized carbons (Fsp3) is 0.133. The number of ether oxygens (including phenoxy) is 2. The number of rotatable bonds is 6. The number of nitro groups is 1. The fourth-order valence-electron chi connectivity index (χ4n) is 1.84. The average molecular weight is 402 g/mol.